The molecule has 1 aliphatic carbocycles. The highest BCUT2D eigenvalue weighted by Gasteiger charge is 2.37. The van der Waals surface area contributed by atoms with Crippen molar-refractivity contribution >= 4 is 39.9 Å². The van der Waals surface area contributed by atoms with Crippen LogP contribution in [-0.2, 0) is 11.8 Å². The van der Waals surface area contributed by atoms with Gasteiger partial charge in [0.2, 0.25) is 5.91 Å². The molecule has 0 saturated heterocycles. The molecule has 0 unspecified atom stereocenters. The number of hydrogen-bond acceptors (Lipinski definition) is 3. The van der Waals surface area contributed by atoms with Crippen molar-refractivity contribution in [1.29, 1.82) is 0 Å². The van der Waals surface area contributed by atoms with Gasteiger partial charge in [-0.05, 0) is 34.8 Å². The summed E-state index contributed by atoms with van der Waals surface area (Å²) in [4.78, 5) is 23.6. The molecule has 2 rings (SSSR count). The highest BCUT2D eigenvalue weighted by Crippen LogP contribution is 2.28. The van der Waals surface area contributed by atoms with Crippen LogP contribution >= 0.6 is 28.3 Å². The van der Waals surface area contributed by atoms with Crippen molar-refractivity contribution in [2.45, 2.75) is 31.2 Å². The average molecular weight is 351 g/mol. The molecule has 106 valence electrons. The molecule has 3 N–H and O–H groups in total. The first-order valence-electron chi connectivity index (χ1n) is 5.89. The largest absolute Gasteiger partial charge is 0.323 e. The molecule has 0 aromatic carbocycles. The molecule has 0 atom stereocenters. The molecular formula is C12H17BrClN3O2. The lowest BCUT2D eigenvalue weighted by atomic mass is 9.98. The molecule has 1 aromatic heterocycles. The van der Waals surface area contributed by atoms with E-state index in [0.29, 0.717) is 23.0 Å². The van der Waals surface area contributed by atoms with Gasteiger partial charge < -0.3 is 15.6 Å². The predicted octanol–water partition coefficient (Wildman–Crippen LogP) is 1.78. The van der Waals surface area contributed by atoms with Crippen LogP contribution in [0.2, 0.25) is 0 Å². The van der Waals surface area contributed by atoms with Gasteiger partial charge >= 0.3 is 0 Å². The van der Waals surface area contributed by atoms with Gasteiger partial charge in [0.25, 0.3) is 5.56 Å². The van der Waals surface area contributed by atoms with Gasteiger partial charge in [0, 0.05) is 13.2 Å². The van der Waals surface area contributed by atoms with Crippen LogP contribution in [0.25, 0.3) is 0 Å². The molecule has 0 spiro atoms. The van der Waals surface area contributed by atoms with Crippen LogP contribution in [0.5, 0.6) is 0 Å². The van der Waals surface area contributed by atoms with Crippen molar-refractivity contribution in [3.8, 4) is 0 Å². The number of amides is 1. The third-order valence-electron chi connectivity index (χ3n) is 3.35. The van der Waals surface area contributed by atoms with Crippen LogP contribution in [0.1, 0.15) is 25.7 Å². The Morgan fingerprint density at radius 1 is 1.47 bits per heavy atom. The summed E-state index contributed by atoms with van der Waals surface area (Å²) in [6, 6.07) is 1.60. The Morgan fingerprint density at radius 2 is 2.05 bits per heavy atom. The van der Waals surface area contributed by atoms with E-state index in [1.807, 2.05) is 0 Å². The molecule has 7 heteroatoms. The monoisotopic (exact) mass is 349 g/mol. The number of nitrogens with one attached hydrogen (secondary N) is 1. The van der Waals surface area contributed by atoms with E-state index in [1.54, 1.807) is 19.3 Å². The standard InChI is InChI=1S/C12H16BrN3O2.ClH/c1-16-7-8(6-9(13)10(16)17)15-11(18)12(14)4-2-3-5-12;/h6-7H,2-5,14H2,1H3,(H,15,18);1H. The Balaban J connectivity index is 0.00000180. The quantitative estimate of drug-likeness (QED) is 0.853. The van der Waals surface area contributed by atoms with E-state index in [0.717, 1.165) is 12.8 Å². The fourth-order valence-electron chi connectivity index (χ4n) is 2.23. The minimum absolute atomic E-state index is 0. The van der Waals surface area contributed by atoms with Crippen molar-refractivity contribution in [3.05, 3.63) is 27.1 Å². The first kappa shape index (κ1) is 16.2. The number of hydrogen-bond donors (Lipinski definition) is 2. The fourth-order valence-corrected chi connectivity index (χ4v) is 2.75. The number of aromatic nitrogens is 1. The van der Waals surface area contributed by atoms with Crippen molar-refractivity contribution in [3.63, 3.8) is 0 Å². The number of nitrogens with two attached hydrogens (primary N) is 1. The van der Waals surface area contributed by atoms with E-state index in [9.17, 15) is 9.59 Å². The zero-order chi connectivity index (χ0) is 13.3. The second-order valence-electron chi connectivity index (χ2n) is 4.81. The number of halogens is 2. The van der Waals surface area contributed by atoms with Gasteiger partial charge in [-0.25, -0.2) is 0 Å². The second kappa shape index (κ2) is 6.07. The van der Waals surface area contributed by atoms with E-state index in [2.05, 4.69) is 21.2 Å². The normalized spacial score (nSPS) is 16.8. The number of carbonyl (C=O) groups excluding carboxylic acids is 1. The molecule has 1 saturated carbocycles. The lowest BCUT2D eigenvalue weighted by molar-refractivity contribution is -0.121. The number of nitrogens with zero attached hydrogens (tertiary/aromatic N) is 1. The molecule has 1 heterocycles. The molecule has 0 bridgehead atoms. The minimum Gasteiger partial charge on any atom is -0.323 e. The van der Waals surface area contributed by atoms with Gasteiger partial charge in [0.05, 0.1) is 15.7 Å². The van der Waals surface area contributed by atoms with Gasteiger partial charge in [-0.1, -0.05) is 12.8 Å². The summed E-state index contributed by atoms with van der Waals surface area (Å²) in [5.41, 5.74) is 5.73. The molecule has 0 radical (unpaired) electrons. The highest BCUT2D eigenvalue weighted by atomic mass is 79.9. The molecule has 1 aliphatic rings. The van der Waals surface area contributed by atoms with Crippen LogP contribution in [-0.4, -0.2) is 16.0 Å². The van der Waals surface area contributed by atoms with Crippen molar-refractivity contribution in [1.82, 2.24) is 4.57 Å². The van der Waals surface area contributed by atoms with Crippen molar-refractivity contribution in [2.24, 2.45) is 12.8 Å². The summed E-state index contributed by atoms with van der Waals surface area (Å²) in [6.45, 7) is 0. The lowest BCUT2D eigenvalue weighted by Crippen LogP contribution is -2.48. The summed E-state index contributed by atoms with van der Waals surface area (Å²) in [5.74, 6) is -0.175. The van der Waals surface area contributed by atoms with E-state index >= 15 is 0 Å². The van der Waals surface area contributed by atoms with Crippen LogP contribution in [0.4, 0.5) is 5.69 Å². The molecule has 1 fully saturated rings. The fraction of sp³-hybridized carbons (Fsp3) is 0.500. The Bertz CT molecular complexity index is 512. The van der Waals surface area contributed by atoms with Crippen molar-refractivity contribution < 1.29 is 4.79 Å². The second-order valence-corrected chi connectivity index (χ2v) is 5.66. The Hall–Kier alpha value is -0.850. The number of anilines is 1. The maximum absolute atomic E-state index is 12.1. The summed E-state index contributed by atoms with van der Waals surface area (Å²) >= 11 is 3.17. The van der Waals surface area contributed by atoms with Crippen LogP contribution in [0.15, 0.2) is 21.5 Å². The van der Waals surface area contributed by atoms with E-state index in [4.69, 9.17) is 5.73 Å². The summed E-state index contributed by atoms with van der Waals surface area (Å²) < 4.78 is 1.83. The van der Waals surface area contributed by atoms with Crippen LogP contribution in [0, 0.1) is 0 Å². The van der Waals surface area contributed by atoms with E-state index in [-0.39, 0.29) is 23.9 Å². The number of rotatable bonds is 2. The topological polar surface area (TPSA) is 77.1 Å². The molecule has 0 aliphatic heterocycles. The third kappa shape index (κ3) is 3.38. The van der Waals surface area contributed by atoms with E-state index in [1.165, 1.54) is 4.57 Å². The van der Waals surface area contributed by atoms with Gasteiger partial charge in [-0.15, -0.1) is 12.4 Å². The average Bonchev–Trinajstić information content (AvgIpc) is 2.74. The number of pyridine rings is 1. The smallest absolute Gasteiger partial charge is 0.264 e. The molecule has 19 heavy (non-hydrogen) atoms. The number of carbonyl (C=O) groups is 1. The zero-order valence-corrected chi connectivity index (χ0v) is 13.0. The SMILES string of the molecule is Cl.Cn1cc(NC(=O)C2(N)CCCC2)cc(Br)c1=O. The molecular weight excluding hydrogens is 334 g/mol. The summed E-state index contributed by atoms with van der Waals surface area (Å²) in [5, 5.41) is 2.78. The molecule has 1 amide bonds. The van der Waals surface area contributed by atoms with Crippen molar-refractivity contribution in [2.75, 3.05) is 5.32 Å². The Kier molecular flexibility index (Phi) is 5.18. The maximum Gasteiger partial charge on any atom is 0.264 e. The van der Waals surface area contributed by atoms with Gasteiger partial charge in [0.15, 0.2) is 0 Å². The third-order valence-corrected chi connectivity index (χ3v) is 3.91. The first-order chi connectivity index (χ1) is 8.42. The first-order valence-corrected chi connectivity index (χ1v) is 6.68. The van der Waals surface area contributed by atoms with Gasteiger partial charge in [-0.3, -0.25) is 9.59 Å². The predicted molar refractivity (Wildman–Crippen MR) is 80.6 cm³/mol. The molecule has 1 aromatic rings. The van der Waals surface area contributed by atoms with Gasteiger partial charge in [-0.2, -0.15) is 0 Å². The van der Waals surface area contributed by atoms with E-state index < -0.39 is 5.54 Å². The highest BCUT2D eigenvalue weighted by molar-refractivity contribution is 9.10. The molecule has 5 nitrogen and oxygen atoms in total. The summed E-state index contributed by atoms with van der Waals surface area (Å²) in [7, 11) is 1.64. The number of aryl methyl sites for hydroxylation is 1. The Labute approximate surface area is 126 Å². The van der Waals surface area contributed by atoms with Crippen LogP contribution < -0.4 is 16.6 Å². The van der Waals surface area contributed by atoms with Crippen LogP contribution in [0.3, 0.4) is 0 Å². The summed E-state index contributed by atoms with van der Waals surface area (Å²) in [6.07, 6.45) is 4.99. The zero-order valence-electron chi connectivity index (χ0n) is 10.6. The minimum atomic E-state index is -0.763. The lowest BCUT2D eigenvalue weighted by Gasteiger charge is -2.22. The maximum atomic E-state index is 12.1. The van der Waals surface area contributed by atoms with Gasteiger partial charge in [0.1, 0.15) is 0 Å². The Morgan fingerprint density at radius 3 is 2.58 bits per heavy atom.